The lowest BCUT2D eigenvalue weighted by molar-refractivity contribution is 0.116. The van der Waals surface area contributed by atoms with Crippen LogP contribution in [0.5, 0.6) is 11.5 Å². The molecule has 0 saturated heterocycles. The van der Waals surface area contributed by atoms with Crippen molar-refractivity contribution in [2.75, 3.05) is 6.79 Å². The number of benzene rings is 1. The lowest BCUT2D eigenvalue weighted by Gasteiger charge is -2.10. The van der Waals surface area contributed by atoms with E-state index in [2.05, 4.69) is 0 Å². The first-order valence-electron chi connectivity index (χ1n) is 4.12. The van der Waals surface area contributed by atoms with Crippen molar-refractivity contribution in [3.63, 3.8) is 0 Å². The minimum absolute atomic E-state index is 0. The van der Waals surface area contributed by atoms with Gasteiger partial charge in [-0.3, -0.25) is 0 Å². The number of hydrogen-bond donors (Lipinski definition) is 1. The van der Waals surface area contributed by atoms with Crippen LogP contribution in [0.1, 0.15) is 11.6 Å². The number of halogens is 3. The van der Waals surface area contributed by atoms with Crippen molar-refractivity contribution in [1.82, 2.24) is 0 Å². The summed E-state index contributed by atoms with van der Waals surface area (Å²) in [5.74, 6) is 1.04. The number of hydrogen-bond acceptors (Lipinski definition) is 3. The van der Waals surface area contributed by atoms with Crippen molar-refractivity contribution in [1.29, 1.82) is 0 Å². The molecule has 0 radical (unpaired) electrons. The van der Waals surface area contributed by atoms with Crippen LogP contribution in [0.2, 0.25) is 0 Å². The standard InChI is InChI=1S/C9H9F2NO2.ClH/c10-9(11)8(12)5-1-2-6-7(3-5)14-4-13-6;/h1-3,8-9H,4,12H2;1H/t8-;/m1./s1. The fraction of sp³-hybridized carbons (Fsp3) is 0.333. The van der Waals surface area contributed by atoms with E-state index in [4.69, 9.17) is 15.2 Å². The minimum atomic E-state index is -2.57. The third-order valence-electron chi connectivity index (χ3n) is 2.05. The van der Waals surface area contributed by atoms with Gasteiger partial charge in [-0.05, 0) is 17.7 Å². The molecule has 0 unspecified atom stereocenters. The van der Waals surface area contributed by atoms with Crippen molar-refractivity contribution >= 4 is 12.4 Å². The van der Waals surface area contributed by atoms with Crippen LogP contribution in [0.15, 0.2) is 18.2 Å². The van der Waals surface area contributed by atoms with Crippen molar-refractivity contribution in [2.45, 2.75) is 12.5 Å². The summed E-state index contributed by atoms with van der Waals surface area (Å²) in [6.45, 7) is 0.128. The van der Waals surface area contributed by atoms with Crippen molar-refractivity contribution in [3.05, 3.63) is 23.8 Å². The first-order valence-corrected chi connectivity index (χ1v) is 4.12. The second kappa shape index (κ2) is 4.63. The van der Waals surface area contributed by atoms with Gasteiger partial charge in [0.05, 0.1) is 6.04 Å². The number of ether oxygens (including phenoxy) is 2. The fourth-order valence-corrected chi connectivity index (χ4v) is 1.27. The zero-order valence-corrected chi connectivity index (χ0v) is 8.47. The first kappa shape index (κ1) is 12.0. The summed E-state index contributed by atoms with van der Waals surface area (Å²) in [4.78, 5) is 0. The molecule has 15 heavy (non-hydrogen) atoms. The maximum atomic E-state index is 12.3. The normalized spacial score (nSPS) is 14.9. The van der Waals surface area contributed by atoms with Gasteiger partial charge in [0, 0.05) is 0 Å². The first-order chi connectivity index (χ1) is 6.68. The van der Waals surface area contributed by atoms with E-state index in [0.29, 0.717) is 17.1 Å². The van der Waals surface area contributed by atoms with Gasteiger partial charge in [-0.2, -0.15) is 0 Å². The molecule has 3 nitrogen and oxygen atoms in total. The van der Waals surface area contributed by atoms with E-state index < -0.39 is 12.5 Å². The minimum Gasteiger partial charge on any atom is -0.454 e. The summed E-state index contributed by atoms with van der Waals surface area (Å²) in [5, 5.41) is 0. The second-order valence-corrected chi connectivity index (χ2v) is 2.97. The predicted molar refractivity (Wildman–Crippen MR) is 52.7 cm³/mol. The highest BCUT2D eigenvalue weighted by Crippen LogP contribution is 2.34. The van der Waals surface area contributed by atoms with Crippen LogP contribution in [-0.4, -0.2) is 13.2 Å². The topological polar surface area (TPSA) is 44.5 Å². The van der Waals surface area contributed by atoms with E-state index in [1.165, 1.54) is 12.1 Å². The Morgan fingerprint density at radius 2 is 1.87 bits per heavy atom. The smallest absolute Gasteiger partial charge is 0.257 e. The number of alkyl halides is 2. The molecule has 0 aliphatic carbocycles. The highest BCUT2D eigenvalue weighted by atomic mass is 35.5. The van der Waals surface area contributed by atoms with Gasteiger partial charge in [-0.1, -0.05) is 6.07 Å². The summed E-state index contributed by atoms with van der Waals surface area (Å²) in [6, 6.07) is 3.31. The van der Waals surface area contributed by atoms with Crippen molar-refractivity contribution in [3.8, 4) is 11.5 Å². The molecule has 84 valence electrons. The molecule has 2 N–H and O–H groups in total. The van der Waals surface area contributed by atoms with Gasteiger partial charge in [-0.15, -0.1) is 12.4 Å². The van der Waals surface area contributed by atoms with Gasteiger partial charge in [0.15, 0.2) is 11.5 Å². The lowest BCUT2D eigenvalue weighted by atomic mass is 10.1. The fourth-order valence-electron chi connectivity index (χ4n) is 1.27. The van der Waals surface area contributed by atoms with E-state index in [1.54, 1.807) is 6.07 Å². The highest BCUT2D eigenvalue weighted by molar-refractivity contribution is 5.85. The Morgan fingerprint density at radius 3 is 2.53 bits per heavy atom. The van der Waals surface area contributed by atoms with E-state index in [1.807, 2.05) is 0 Å². The maximum absolute atomic E-state index is 12.3. The summed E-state index contributed by atoms with van der Waals surface area (Å²) in [7, 11) is 0. The van der Waals surface area contributed by atoms with Gasteiger partial charge in [0.25, 0.3) is 6.43 Å². The largest absolute Gasteiger partial charge is 0.454 e. The molecule has 6 heteroatoms. The molecule has 0 amide bonds. The van der Waals surface area contributed by atoms with E-state index >= 15 is 0 Å². The molecule has 0 saturated carbocycles. The third-order valence-corrected chi connectivity index (χ3v) is 2.05. The third kappa shape index (κ3) is 2.30. The van der Waals surface area contributed by atoms with Gasteiger partial charge in [0.1, 0.15) is 0 Å². The van der Waals surface area contributed by atoms with Gasteiger partial charge in [-0.25, -0.2) is 8.78 Å². The van der Waals surface area contributed by atoms with Crippen LogP contribution < -0.4 is 15.2 Å². The summed E-state index contributed by atoms with van der Waals surface area (Å²) >= 11 is 0. The molecule has 1 atom stereocenters. The molecule has 1 heterocycles. The van der Waals surface area contributed by atoms with E-state index in [0.717, 1.165) is 0 Å². The van der Waals surface area contributed by atoms with Gasteiger partial charge < -0.3 is 15.2 Å². The zero-order chi connectivity index (χ0) is 10.1. The Balaban J connectivity index is 0.00000112. The Hall–Kier alpha value is -1.07. The predicted octanol–water partition coefficient (Wildman–Crippen LogP) is 2.10. The molecule has 1 aromatic carbocycles. The second-order valence-electron chi connectivity index (χ2n) is 2.97. The SMILES string of the molecule is Cl.N[C@H](c1ccc2c(c1)OCO2)C(F)F. The molecule has 0 aromatic heterocycles. The van der Waals surface area contributed by atoms with Crippen LogP contribution in [-0.2, 0) is 0 Å². The number of rotatable bonds is 2. The van der Waals surface area contributed by atoms with Crippen molar-refractivity contribution in [2.24, 2.45) is 5.73 Å². The molecule has 2 rings (SSSR count). The molecule has 0 bridgehead atoms. The Kier molecular flexibility index (Phi) is 3.71. The van der Waals surface area contributed by atoms with Crippen LogP contribution in [0.3, 0.4) is 0 Å². The Morgan fingerprint density at radius 1 is 1.20 bits per heavy atom. The van der Waals surface area contributed by atoms with Gasteiger partial charge >= 0.3 is 0 Å². The molecular formula is C9H10ClF2NO2. The summed E-state index contributed by atoms with van der Waals surface area (Å²) in [5.41, 5.74) is 5.64. The van der Waals surface area contributed by atoms with E-state index in [-0.39, 0.29) is 19.2 Å². The highest BCUT2D eigenvalue weighted by Gasteiger charge is 2.21. The average molecular weight is 238 g/mol. The van der Waals surface area contributed by atoms with Crippen LogP contribution in [0.4, 0.5) is 8.78 Å². The average Bonchev–Trinajstić information content (AvgIpc) is 2.62. The zero-order valence-electron chi connectivity index (χ0n) is 7.65. The van der Waals surface area contributed by atoms with E-state index in [9.17, 15) is 8.78 Å². The summed E-state index contributed by atoms with van der Waals surface area (Å²) < 4.78 is 34.6. The molecule has 1 aliphatic rings. The van der Waals surface area contributed by atoms with Crippen molar-refractivity contribution < 1.29 is 18.3 Å². The maximum Gasteiger partial charge on any atom is 0.257 e. The van der Waals surface area contributed by atoms with Gasteiger partial charge in [0.2, 0.25) is 6.79 Å². The van der Waals surface area contributed by atoms with Crippen LogP contribution >= 0.6 is 12.4 Å². The molecule has 1 aromatic rings. The quantitative estimate of drug-likeness (QED) is 0.857. The van der Waals surface area contributed by atoms with Crippen LogP contribution in [0.25, 0.3) is 0 Å². The number of fused-ring (bicyclic) bond motifs is 1. The molecule has 0 fully saturated rings. The molecule has 1 aliphatic heterocycles. The number of nitrogens with two attached hydrogens (primary N) is 1. The molecule has 0 spiro atoms. The monoisotopic (exact) mass is 237 g/mol. The lowest BCUT2D eigenvalue weighted by Crippen LogP contribution is -2.18. The summed E-state index contributed by atoms with van der Waals surface area (Å²) in [6.07, 6.45) is -2.57. The Bertz CT molecular complexity index is 349. The molecular weight excluding hydrogens is 228 g/mol. The van der Waals surface area contributed by atoms with Crippen LogP contribution in [0, 0.1) is 0 Å². The Labute approximate surface area is 91.6 Å².